The molecule has 0 atom stereocenters. The first-order valence-corrected chi connectivity index (χ1v) is 7.52. The van der Waals surface area contributed by atoms with E-state index in [-0.39, 0.29) is 5.54 Å². The first-order chi connectivity index (χ1) is 9.40. The zero-order valence-corrected chi connectivity index (χ0v) is 13.5. The molecule has 0 aliphatic carbocycles. The maximum atomic E-state index is 6.24. The van der Waals surface area contributed by atoms with Crippen LogP contribution in [0, 0.1) is 0 Å². The molecule has 0 aromatic carbocycles. The van der Waals surface area contributed by atoms with E-state index in [4.69, 9.17) is 21.3 Å². The van der Waals surface area contributed by atoms with Gasteiger partial charge in [0.25, 0.3) is 0 Å². The van der Waals surface area contributed by atoms with Gasteiger partial charge in [-0.05, 0) is 26.0 Å². The van der Waals surface area contributed by atoms with Crippen LogP contribution in [0.4, 0.5) is 5.82 Å². The lowest BCUT2D eigenvalue weighted by Gasteiger charge is -2.43. The van der Waals surface area contributed by atoms with Crippen molar-refractivity contribution in [3.8, 4) is 0 Å². The van der Waals surface area contributed by atoms with Crippen molar-refractivity contribution in [1.29, 1.82) is 0 Å². The van der Waals surface area contributed by atoms with Crippen LogP contribution < -0.4 is 10.2 Å². The number of nitrogens with zero attached hydrogens (tertiary/aromatic N) is 2. The van der Waals surface area contributed by atoms with E-state index >= 15 is 0 Å². The normalized spacial score (nSPS) is 18.6. The molecule has 0 amide bonds. The van der Waals surface area contributed by atoms with E-state index in [1.807, 2.05) is 12.1 Å². The highest BCUT2D eigenvalue weighted by Crippen LogP contribution is 2.27. The van der Waals surface area contributed by atoms with Crippen LogP contribution in [0.5, 0.6) is 0 Å². The van der Waals surface area contributed by atoms with E-state index in [0.29, 0.717) is 17.6 Å². The van der Waals surface area contributed by atoms with Gasteiger partial charge in [-0.1, -0.05) is 25.4 Å². The van der Waals surface area contributed by atoms with E-state index in [9.17, 15) is 0 Å². The lowest BCUT2D eigenvalue weighted by molar-refractivity contribution is 0.0639. The molecule has 1 aliphatic rings. The van der Waals surface area contributed by atoms with Crippen molar-refractivity contribution in [2.24, 2.45) is 0 Å². The number of anilines is 1. The average Bonchev–Trinajstić information content (AvgIpc) is 2.37. The fourth-order valence-electron chi connectivity index (χ4n) is 2.33. The van der Waals surface area contributed by atoms with Crippen LogP contribution in [-0.4, -0.2) is 36.3 Å². The Morgan fingerprint density at radius 3 is 2.85 bits per heavy atom. The molecular weight excluding hydrogens is 274 g/mol. The fraction of sp³-hybridized carbons (Fsp3) is 0.667. The minimum Gasteiger partial charge on any atom is -0.377 e. The lowest BCUT2D eigenvalue weighted by Crippen LogP contribution is -2.53. The predicted octanol–water partition coefficient (Wildman–Crippen LogP) is 2.85. The number of hydrogen-bond acceptors (Lipinski definition) is 4. The summed E-state index contributed by atoms with van der Waals surface area (Å²) < 4.78 is 5.56. The molecule has 1 aromatic heterocycles. The second kappa shape index (κ2) is 6.29. The van der Waals surface area contributed by atoms with Crippen LogP contribution >= 0.6 is 11.6 Å². The molecule has 1 aromatic rings. The van der Waals surface area contributed by atoms with Crippen LogP contribution in [0.3, 0.4) is 0 Å². The topological polar surface area (TPSA) is 37.4 Å². The molecule has 5 heteroatoms. The first kappa shape index (κ1) is 15.5. The maximum absolute atomic E-state index is 6.24. The predicted molar refractivity (Wildman–Crippen MR) is 83.5 cm³/mol. The van der Waals surface area contributed by atoms with Crippen molar-refractivity contribution in [2.75, 3.05) is 24.7 Å². The number of rotatable bonds is 4. The second-order valence-corrected chi connectivity index (χ2v) is 6.56. The van der Waals surface area contributed by atoms with Gasteiger partial charge in [0.2, 0.25) is 0 Å². The summed E-state index contributed by atoms with van der Waals surface area (Å²) in [5.74, 6) is 0.975. The van der Waals surface area contributed by atoms with E-state index in [2.05, 4.69) is 37.9 Å². The number of hydrogen-bond donors (Lipinski definition) is 1. The molecule has 20 heavy (non-hydrogen) atoms. The zero-order chi connectivity index (χ0) is 14.8. The largest absolute Gasteiger partial charge is 0.377 e. The minimum atomic E-state index is -0.0399. The average molecular weight is 298 g/mol. The number of ether oxygens (including phenoxy) is 1. The highest BCUT2D eigenvalue weighted by atomic mass is 35.5. The van der Waals surface area contributed by atoms with Crippen molar-refractivity contribution >= 4 is 17.4 Å². The molecule has 112 valence electrons. The van der Waals surface area contributed by atoms with Gasteiger partial charge in [-0.3, -0.25) is 0 Å². The summed E-state index contributed by atoms with van der Waals surface area (Å²) in [5.41, 5.74) is 0.863. The Bertz CT molecular complexity index is 462. The van der Waals surface area contributed by atoms with E-state index in [1.54, 1.807) is 0 Å². The minimum absolute atomic E-state index is 0.0399. The van der Waals surface area contributed by atoms with Crippen molar-refractivity contribution in [3.05, 3.63) is 22.8 Å². The van der Waals surface area contributed by atoms with Gasteiger partial charge in [-0.15, -0.1) is 0 Å². The Morgan fingerprint density at radius 2 is 2.20 bits per heavy atom. The van der Waals surface area contributed by atoms with Crippen LogP contribution in [-0.2, 0) is 11.3 Å². The standard InChI is InChI=1S/C15H24ClN3O/c1-11(2)17-9-13-12(16)5-6-14(18-13)19-7-8-20-10-15(19,3)4/h5-6,11,17H,7-10H2,1-4H3. The van der Waals surface area contributed by atoms with Crippen LogP contribution in [0.25, 0.3) is 0 Å². The zero-order valence-electron chi connectivity index (χ0n) is 12.7. The Labute approximate surface area is 126 Å². The summed E-state index contributed by atoms with van der Waals surface area (Å²) in [6.45, 7) is 11.6. The molecule has 1 fully saturated rings. The number of nitrogens with one attached hydrogen (secondary N) is 1. The van der Waals surface area contributed by atoms with E-state index < -0.39 is 0 Å². The number of morpholine rings is 1. The molecule has 1 N–H and O–H groups in total. The Hall–Kier alpha value is -0.840. The van der Waals surface area contributed by atoms with Gasteiger partial charge in [-0.25, -0.2) is 4.98 Å². The van der Waals surface area contributed by atoms with Crippen LogP contribution in [0.2, 0.25) is 5.02 Å². The Morgan fingerprint density at radius 1 is 1.45 bits per heavy atom. The molecule has 0 unspecified atom stereocenters. The quantitative estimate of drug-likeness (QED) is 0.927. The first-order valence-electron chi connectivity index (χ1n) is 7.14. The smallest absolute Gasteiger partial charge is 0.129 e. The van der Waals surface area contributed by atoms with Crippen molar-refractivity contribution in [1.82, 2.24) is 10.3 Å². The van der Waals surface area contributed by atoms with Crippen LogP contribution in [0.1, 0.15) is 33.4 Å². The van der Waals surface area contributed by atoms with Crippen molar-refractivity contribution in [3.63, 3.8) is 0 Å². The van der Waals surface area contributed by atoms with E-state index in [0.717, 1.165) is 31.3 Å². The Balaban J connectivity index is 2.21. The highest BCUT2D eigenvalue weighted by Gasteiger charge is 2.31. The molecule has 0 radical (unpaired) electrons. The summed E-state index contributed by atoms with van der Waals surface area (Å²) in [4.78, 5) is 7.04. The third kappa shape index (κ3) is 3.62. The number of aromatic nitrogens is 1. The molecular formula is C15H24ClN3O. The van der Waals surface area contributed by atoms with Crippen molar-refractivity contribution < 1.29 is 4.74 Å². The molecule has 0 saturated carbocycles. The fourth-order valence-corrected chi connectivity index (χ4v) is 2.50. The summed E-state index contributed by atoms with van der Waals surface area (Å²) in [5, 5.41) is 4.08. The molecule has 1 saturated heterocycles. The van der Waals surface area contributed by atoms with Gasteiger partial charge in [-0.2, -0.15) is 0 Å². The molecule has 2 heterocycles. The van der Waals surface area contributed by atoms with Crippen molar-refractivity contribution in [2.45, 2.75) is 45.8 Å². The highest BCUT2D eigenvalue weighted by molar-refractivity contribution is 6.31. The summed E-state index contributed by atoms with van der Waals surface area (Å²) in [6, 6.07) is 4.34. The molecule has 4 nitrogen and oxygen atoms in total. The van der Waals surface area contributed by atoms with Gasteiger partial charge in [0.1, 0.15) is 5.82 Å². The summed E-state index contributed by atoms with van der Waals surface area (Å²) in [6.07, 6.45) is 0. The number of halogens is 1. The molecule has 2 rings (SSSR count). The summed E-state index contributed by atoms with van der Waals surface area (Å²) >= 11 is 6.24. The SMILES string of the molecule is CC(C)NCc1nc(N2CCOCC2(C)C)ccc1Cl. The van der Waals surface area contributed by atoms with E-state index in [1.165, 1.54) is 0 Å². The van der Waals surface area contributed by atoms with Crippen LogP contribution in [0.15, 0.2) is 12.1 Å². The van der Waals surface area contributed by atoms with Gasteiger partial charge < -0.3 is 15.0 Å². The van der Waals surface area contributed by atoms with Gasteiger partial charge >= 0.3 is 0 Å². The maximum Gasteiger partial charge on any atom is 0.129 e. The number of pyridine rings is 1. The molecule has 1 aliphatic heterocycles. The van der Waals surface area contributed by atoms with Gasteiger partial charge in [0.15, 0.2) is 0 Å². The summed E-state index contributed by atoms with van der Waals surface area (Å²) in [7, 11) is 0. The second-order valence-electron chi connectivity index (χ2n) is 6.15. The third-order valence-electron chi connectivity index (χ3n) is 3.50. The molecule has 0 spiro atoms. The molecule has 0 bridgehead atoms. The Kier molecular flexibility index (Phi) is 4.89. The van der Waals surface area contributed by atoms with Gasteiger partial charge in [0, 0.05) is 19.1 Å². The lowest BCUT2D eigenvalue weighted by atomic mass is 10.0. The third-order valence-corrected chi connectivity index (χ3v) is 3.85. The van der Waals surface area contributed by atoms with Gasteiger partial charge in [0.05, 0.1) is 29.5 Å². The monoisotopic (exact) mass is 297 g/mol.